The molecule has 0 aliphatic heterocycles. The third-order valence-electron chi connectivity index (χ3n) is 3.66. The SMILES string of the molecule is Cc1ccc(C)c(OCC(=O)N/N=C/C=C/c2ccccc2)c1C. The van der Waals surface area contributed by atoms with E-state index in [0.29, 0.717) is 0 Å². The molecule has 0 aromatic heterocycles. The fraction of sp³-hybridized carbons (Fsp3) is 0.200. The van der Waals surface area contributed by atoms with Gasteiger partial charge in [-0.15, -0.1) is 0 Å². The van der Waals surface area contributed by atoms with Crippen LogP contribution in [0.2, 0.25) is 0 Å². The van der Waals surface area contributed by atoms with Gasteiger partial charge in [-0.3, -0.25) is 4.79 Å². The Hall–Kier alpha value is -2.88. The molecule has 2 aromatic rings. The number of hydrogen-bond donors (Lipinski definition) is 1. The van der Waals surface area contributed by atoms with Crippen molar-refractivity contribution in [3.8, 4) is 5.75 Å². The number of benzene rings is 2. The van der Waals surface area contributed by atoms with Crippen molar-refractivity contribution in [2.75, 3.05) is 6.61 Å². The molecule has 4 nitrogen and oxygen atoms in total. The Kier molecular flexibility index (Phi) is 6.32. The van der Waals surface area contributed by atoms with Crippen LogP contribution in [0.1, 0.15) is 22.3 Å². The number of amides is 1. The van der Waals surface area contributed by atoms with E-state index in [0.717, 1.165) is 28.0 Å². The molecule has 0 unspecified atom stereocenters. The lowest BCUT2D eigenvalue weighted by Gasteiger charge is -2.13. The highest BCUT2D eigenvalue weighted by Gasteiger charge is 2.08. The topological polar surface area (TPSA) is 50.7 Å². The molecule has 0 radical (unpaired) electrons. The quantitative estimate of drug-likeness (QED) is 0.649. The van der Waals surface area contributed by atoms with Crippen LogP contribution in [0.5, 0.6) is 5.75 Å². The fourth-order valence-corrected chi connectivity index (χ4v) is 2.19. The molecule has 0 aliphatic carbocycles. The lowest BCUT2D eigenvalue weighted by atomic mass is 10.1. The molecule has 0 saturated heterocycles. The number of hydrogen-bond acceptors (Lipinski definition) is 3. The van der Waals surface area contributed by atoms with Crippen LogP contribution in [-0.4, -0.2) is 18.7 Å². The van der Waals surface area contributed by atoms with Crippen molar-refractivity contribution >= 4 is 18.2 Å². The highest BCUT2D eigenvalue weighted by Crippen LogP contribution is 2.25. The summed E-state index contributed by atoms with van der Waals surface area (Å²) in [5.74, 6) is 0.470. The molecule has 1 amide bonds. The van der Waals surface area contributed by atoms with Crippen molar-refractivity contribution in [3.05, 3.63) is 70.8 Å². The lowest BCUT2D eigenvalue weighted by molar-refractivity contribution is -0.123. The van der Waals surface area contributed by atoms with E-state index in [9.17, 15) is 4.79 Å². The molecule has 24 heavy (non-hydrogen) atoms. The van der Waals surface area contributed by atoms with Crippen molar-refractivity contribution in [2.24, 2.45) is 5.10 Å². The van der Waals surface area contributed by atoms with Crippen molar-refractivity contribution < 1.29 is 9.53 Å². The second kappa shape index (κ2) is 8.67. The van der Waals surface area contributed by atoms with Gasteiger partial charge in [0.1, 0.15) is 5.75 Å². The maximum atomic E-state index is 11.8. The molecule has 0 saturated carbocycles. The highest BCUT2D eigenvalue weighted by atomic mass is 16.5. The summed E-state index contributed by atoms with van der Waals surface area (Å²) in [6.07, 6.45) is 5.21. The largest absolute Gasteiger partial charge is 0.483 e. The minimum Gasteiger partial charge on any atom is -0.483 e. The van der Waals surface area contributed by atoms with Crippen LogP contribution < -0.4 is 10.2 Å². The summed E-state index contributed by atoms with van der Waals surface area (Å²) in [4.78, 5) is 11.8. The number of ether oxygens (including phenoxy) is 1. The number of carbonyl (C=O) groups excluding carboxylic acids is 1. The van der Waals surface area contributed by atoms with Crippen LogP contribution >= 0.6 is 0 Å². The van der Waals surface area contributed by atoms with E-state index in [1.165, 1.54) is 6.21 Å². The lowest BCUT2D eigenvalue weighted by Crippen LogP contribution is -2.24. The predicted octanol–water partition coefficient (Wildman–Crippen LogP) is 3.81. The summed E-state index contributed by atoms with van der Waals surface area (Å²) < 4.78 is 5.63. The monoisotopic (exact) mass is 322 g/mol. The molecule has 124 valence electrons. The number of carbonyl (C=O) groups is 1. The first-order valence-electron chi connectivity index (χ1n) is 7.81. The van der Waals surface area contributed by atoms with Gasteiger partial charge >= 0.3 is 0 Å². The van der Waals surface area contributed by atoms with Crippen molar-refractivity contribution in [1.82, 2.24) is 5.43 Å². The van der Waals surface area contributed by atoms with Gasteiger partial charge in [-0.2, -0.15) is 5.10 Å². The molecule has 0 fully saturated rings. The van der Waals surface area contributed by atoms with Crippen LogP contribution in [0, 0.1) is 20.8 Å². The van der Waals surface area contributed by atoms with E-state index in [1.807, 2.05) is 69.3 Å². The maximum Gasteiger partial charge on any atom is 0.277 e. The molecular formula is C20H22N2O2. The molecule has 0 bridgehead atoms. The Balaban J connectivity index is 1.81. The summed E-state index contributed by atoms with van der Waals surface area (Å²) >= 11 is 0. The van der Waals surface area contributed by atoms with E-state index in [1.54, 1.807) is 6.08 Å². The van der Waals surface area contributed by atoms with Gasteiger partial charge < -0.3 is 4.74 Å². The average Bonchev–Trinajstić information content (AvgIpc) is 2.59. The molecule has 0 atom stereocenters. The maximum absolute atomic E-state index is 11.8. The second-order valence-electron chi connectivity index (χ2n) is 5.53. The van der Waals surface area contributed by atoms with Gasteiger partial charge in [0.25, 0.3) is 5.91 Å². The van der Waals surface area contributed by atoms with Gasteiger partial charge in [-0.05, 0) is 49.1 Å². The third kappa shape index (κ3) is 5.09. The summed E-state index contributed by atoms with van der Waals surface area (Å²) in [5, 5.41) is 3.87. The van der Waals surface area contributed by atoms with Crippen molar-refractivity contribution in [3.63, 3.8) is 0 Å². The summed E-state index contributed by atoms with van der Waals surface area (Å²) in [6.45, 7) is 5.91. The molecule has 2 rings (SSSR count). The van der Waals surface area contributed by atoms with Gasteiger partial charge in [-0.25, -0.2) is 5.43 Å². The number of aryl methyl sites for hydroxylation is 2. The zero-order chi connectivity index (χ0) is 17.4. The van der Waals surface area contributed by atoms with E-state index in [4.69, 9.17) is 4.74 Å². The van der Waals surface area contributed by atoms with Gasteiger partial charge in [0, 0.05) is 6.21 Å². The Morgan fingerprint density at radius 1 is 1.08 bits per heavy atom. The summed E-state index contributed by atoms with van der Waals surface area (Å²) in [7, 11) is 0. The highest BCUT2D eigenvalue weighted by molar-refractivity contribution is 5.82. The number of hydrazone groups is 1. The molecule has 1 N–H and O–H groups in total. The van der Waals surface area contributed by atoms with E-state index in [2.05, 4.69) is 10.5 Å². The Morgan fingerprint density at radius 3 is 2.54 bits per heavy atom. The Labute approximate surface area is 142 Å². The van der Waals surface area contributed by atoms with Gasteiger partial charge in [-0.1, -0.05) is 48.5 Å². The normalized spacial score (nSPS) is 11.1. The van der Waals surface area contributed by atoms with Crippen LogP contribution in [0.25, 0.3) is 6.08 Å². The van der Waals surface area contributed by atoms with Crippen LogP contribution in [0.3, 0.4) is 0 Å². The van der Waals surface area contributed by atoms with E-state index in [-0.39, 0.29) is 12.5 Å². The van der Waals surface area contributed by atoms with Crippen LogP contribution in [-0.2, 0) is 4.79 Å². The first-order valence-corrected chi connectivity index (χ1v) is 7.81. The first-order chi connectivity index (χ1) is 11.6. The van der Waals surface area contributed by atoms with Gasteiger partial charge in [0.05, 0.1) is 0 Å². The van der Waals surface area contributed by atoms with Crippen molar-refractivity contribution in [1.29, 1.82) is 0 Å². The summed E-state index contributed by atoms with van der Waals surface area (Å²) in [6, 6.07) is 13.9. The molecule has 0 heterocycles. The molecule has 0 aliphatic rings. The van der Waals surface area contributed by atoms with Crippen LogP contribution in [0.4, 0.5) is 0 Å². The molecule has 0 spiro atoms. The van der Waals surface area contributed by atoms with Crippen molar-refractivity contribution in [2.45, 2.75) is 20.8 Å². The second-order valence-corrected chi connectivity index (χ2v) is 5.53. The Morgan fingerprint density at radius 2 is 1.79 bits per heavy atom. The molecule has 4 heteroatoms. The smallest absolute Gasteiger partial charge is 0.277 e. The Bertz CT molecular complexity index is 750. The van der Waals surface area contributed by atoms with Gasteiger partial charge in [0.15, 0.2) is 6.61 Å². The number of nitrogens with zero attached hydrogens (tertiary/aromatic N) is 1. The zero-order valence-electron chi connectivity index (χ0n) is 14.2. The first kappa shape index (κ1) is 17.5. The fourth-order valence-electron chi connectivity index (χ4n) is 2.19. The average molecular weight is 322 g/mol. The minimum atomic E-state index is -0.292. The van der Waals surface area contributed by atoms with E-state index >= 15 is 0 Å². The zero-order valence-corrected chi connectivity index (χ0v) is 14.2. The number of allylic oxidation sites excluding steroid dienone is 1. The van der Waals surface area contributed by atoms with E-state index < -0.39 is 0 Å². The van der Waals surface area contributed by atoms with Gasteiger partial charge in [0.2, 0.25) is 0 Å². The van der Waals surface area contributed by atoms with Crippen LogP contribution in [0.15, 0.2) is 53.6 Å². The molecular weight excluding hydrogens is 300 g/mol. The minimum absolute atomic E-state index is 0.0646. The standard InChI is InChI=1S/C20H22N2O2/c1-15-11-12-16(2)20(17(15)3)24-14-19(23)22-21-13-7-10-18-8-5-4-6-9-18/h4-13H,14H2,1-3H3,(H,22,23)/b10-7+,21-13+. The number of nitrogens with one attached hydrogen (secondary N) is 1. The third-order valence-corrected chi connectivity index (χ3v) is 3.66. The number of rotatable bonds is 6. The predicted molar refractivity (Wildman–Crippen MR) is 98.3 cm³/mol. The molecule has 2 aromatic carbocycles. The summed E-state index contributed by atoms with van der Waals surface area (Å²) in [5.41, 5.74) is 6.73.